The minimum atomic E-state index is -1.78. The van der Waals surface area contributed by atoms with Crippen LogP contribution >= 0.6 is 0 Å². The smallest absolute Gasteiger partial charge is 0.431 e. The van der Waals surface area contributed by atoms with Gasteiger partial charge in [0.2, 0.25) is 11.8 Å². The average molecular weight is 1380 g/mol. The Morgan fingerprint density at radius 2 is 0.688 bits per heavy atom. The van der Waals surface area contributed by atoms with E-state index < -0.39 is 57.7 Å². The average Bonchev–Trinajstić information content (AvgIpc) is 0.906. The van der Waals surface area contributed by atoms with Crippen molar-refractivity contribution in [2.45, 2.75) is 240 Å². The third-order valence-corrected chi connectivity index (χ3v) is 22.0. The minimum Gasteiger partial charge on any atom is -0.480 e. The van der Waals surface area contributed by atoms with E-state index in [0.717, 1.165) is 38.7 Å². The summed E-state index contributed by atoms with van der Waals surface area (Å²) < 4.78 is 58.2. The van der Waals surface area contributed by atoms with Crippen LogP contribution in [0, 0.1) is 0 Å². The first kappa shape index (κ1) is 95.5. The van der Waals surface area contributed by atoms with Gasteiger partial charge in [-0.15, -0.1) is 0 Å². The Kier molecular flexibility index (Phi) is 55.6. The van der Waals surface area contributed by atoms with Gasteiger partial charge in [0.25, 0.3) is 0 Å². The number of aliphatic hydroxyl groups is 2. The molecule has 0 heterocycles. The SMILES string of the molecule is CC(C)(C)OC(=O)NOCCOCCOCC(=O)NC(CCO)CCO.CC(C)(C)OC(=O)NOCCOCCOCC(=O)O.CCCC(CCO[Si](C)(C)C(C)(C)C)NC(=O)COCCOCCONC(=O)OC(C)(C)C.CCCC(N)CCO[Si](C)(C)C(C)(C)C. The number of hydrogen-bond acceptors (Lipinski definition) is 23. The molecule has 0 aromatic heterocycles. The summed E-state index contributed by atoms with van der Waals surface area (Å²) in [5, 5.41) is 32.2. The van der Waals surface area contributed by atoms with Gasteiger partial charge >= 0.3 is 24.2 Å². The van der Waals surface area contributed by atoms with Crippen molar-refractivity contribution in [3.8, 4) is 0 Å². The number of carboxylic acids is 1. The predicted molar refractivity (Wildman–Crippen MR) is 359 cm³/mol. The molecule has 29 nitrogen and oxygen atoms in total. The van der Waals surface area contributed by atoms with E-state index in [0.29, 0.717) is 43.7 Å². The molecule has 5 amide bonds. The molecular weight excluding hydrogens is 1250 g/mol. The summed E-state index contributed by atoms with van der Waals surface area (Å²) in [5.74, 6) is -1.47. The molecule has 0 saturated carbocycles. The molecule has 0 aliphatic heterocycles. The first-order chi connectivity index (χ1) is 43.0. The van der Waals surface area contributed by atoms with Crippen molar-refractivity contribution in [3.05, 3.63) is 0 Å². The van der Waals surface area contributed by atoms with E-state index in [1.54, 1.807) is 62.3 Å². The third kappa shape index (κ3) is 66.5. The molecule has 0 aliphatic rings. The maximum absolute atomic E-state index is 12.2. The van der Waals surface area contributed by atoms with Gasteiger partial charge in [0.15, 0.2) is 16.6 Å². The second-order valence-corrected chi connectivity index (χ2v) is 37.1. The molecular formula is C62H130N6O23Si2. The Labute approximate surface area is 559 Å². The van der Waals surface area contributed by atoms with Crippen molar-refractivity contribution in [3.63, 3.8) is 0 Å². The number of carbonyl (C=O) groups is 6. The lowest BCUT2D eigenvalue weighted by molar-refractivity contribution is -0.142. The Morgan fingerprint density at radius 1 is 0.398 bits per heavy atom. The number of aliphatic hydroxyl groups excluding tert-OH is 2. The first-order valence-electron chi connectivity index (χ1n) is 32.3. The largest absolute Gasteiger partial charge is 0.480 e. The monoisotopic (exact) mass is 1380 g/mol. The molecule has 0 saturated heterocycles. The van der Waals surface area contributed by atoms with Gasteiger partial charge < -0.3 is 83.2 Å². The summed E-state index contributed by atoms with van der Waals surface area (Å²) in [5.41, 5.74) is 10.6. The van der Waals surface area contributed by atoms with E-state index >= 15 is 0 Å². The number of carbonyl (C=O) groups excluding carboxylic acids is 5. The standard InChI is InChI=1S/C23H48N2O7Si.C16H32N2O8.C12H29NOSi.C11H21NO7/c1-10-11-19(12-13-31-33(8,9)23(5,6)7)24-20(26)18-29-15-14-28-16-17-30-25-21(27)32-22(2,3)4;1-16(2,3)26-15(22)18-25-11-10-23-8-9-24-12-14(21)17-13(4-6-19)5-7-20;1-7-8-11(13)9-10-14-15(5,6)12(2,3)4;1-11(2,3)19-10(15)12-18-7-6-16-4-5-17-8-9(13)14/h19H,10-18H2,1-9H3,(H,24,26)(H,25,27);13,19-20H,4-12H2,1-3H3,(H,17,21)(H,18,22);11H,7-10,13H2,1-6H3;4-8H2,1-3H3,(H,12,15)(H,13,14). The number of aliphatic carboxylic acids is 1. The Morgan fingerprint density at radius 3 is 0.978 bits per heavy atom. The second-order valence-electron chi connectivity index (χ2n) is 27.4. The summed E-state index contributed by atoms with van der Waals surface area (Å²) >= 11 is 0. The molecule has 0 rings (SSSR count). The van der Waals surface area contributed by atoms with Gasteiger partial charge in [-0.3, -0.25) is 24.1 Å². The van der Waals surface area contributed by atoms with Crippen molar-refractivity contribution in [2.75, 3.05) is 126 Å². The molecule has 554 valence electrons. The van der Waals surface area contributed by atoms with Crippen LogP contribution in [0.3, 0.4) is 0 Å². The van der Waals surface area contributed by atoms with E-state index in [2.05, 4.69) is 109 Å². The zero-order valence-corrected chi connectivity index (χ0v) is 62.9. The maximum Gasteiger partial charge on any atom is 0.431 e. The zero-order valence-electron chi connectivity index (χ0n) is 60.9. The Bertz CT molecular complexity index is 1910. The molecule has 0 spiro atoms. The van der Waals surface area contributed by atoms with Gasteiger partial charge in [0.05, 0.1) is 79.3 Å². The predicted octanol–water partition coefficient (Wildman–Crippen LogP) is 7.98. The van der Waals surface area contributed by atoms with Gasteiger partial charge in [-0.05, 0) is 137 Å². The third-order valence-electron chi connectivity index (χ3n) is 12.9. The number of nitrogens with one attached hydrogen (secondary N) is 5. The van der Waals surface area contributed by atoms with Gasteiger partial charge in [0.1, 0.15) is 36.6 Å². The molecule has 10 N–H and O–H groups in total. The highest BCUT2D eigenvalue weighted by Gasteiger charge is 2.38. The molecule has 0 bridgehead atoms. The Balaban J connectivity index is -0.000000591. The lowest BCUT2D eigenvalue weighted by atomic mass is 10.1. The van der Waals surface area contributed by atoms with Crippen LogP contribution in [0.25, 0.3) is 0 Å². The molecule has 31 heteroatoms. The number of ether oxygens (including phenoxy) is 9. The van der Waals surface area contributed by atoms with Crippen molar-refractivity contribution >= 4 is 52.7 Å². The molecule has 93 heavy (non-hydrogen) atoms. The van der Waals surface area contributed by atoms with E-state index in [1.165, 1.54) is 6.42 Å². The van der Waals surface area contributed by atoms with Crippen LogP contribution in [0.5, 0.6) is 0 Å². The molecule has 0 aliphatic carbocycles. The molecule has 0 fully saturated rings. The fraction of sp³-hybridized carbons (Fsp3) is 0.903. The van der Waals surface area contributed by atoms with Crippen molar-refractivity contribution < 1.29 is 110 Å². The van der Waals surface area contributed by atoms with E-state index in [-0.39, 0.29) is 128 Å². The Hall–Kier alpha value is -3.91. The van der Waals surface area contributed by atoms with Gasteiger partial charge in [-0.25, -0.2) is 19.2 Å². The van der Waals surface area contributed by atoms with Crippen LogP contribution in [0.1, 0.15) is 169 Å². The minimum absolute atomic E-state index is 0.0106. The molecule has 0 aromatic carbocycles. The number of hydrogen-bond donors (Lipinski definition) is 9. The highest BCUT2D eigenvalue weighted by atomic mass is 28.4. The maximum atomic E-state index is 12.2. The quantitative estimate of drug-likeness (QED) is 0.0121. The van der Waals surface area contributed by atoms with Crippen LogP contribution in [-0.2, 0) is 80.4 Å². The number of amides is 5. The topological polar surface area (TPSA) is 378 Å². The second kappa shape index (κ2) is 54.1. The van der Waals surface area contributed by atoms with Crippen molar-refractivity contribution in [1.29, 1.82) is 0 Å². The van der Waals surface area contributed by atoms with Crippen LogP contribution < -0.4 is 32.8 Å². The summed E-state index contributed by atoms with van der Waals surface area (Å²) in [6.07, 6.45) is 4.75. The van der Waals surface area contributed by atoms with Gasteiger partial charge in [-0.2, -0.15) is 16.4 Å². The highest BCUT2D eigenvalue weighted by molar-refractivity contribution is 6.74. The summed E-state index contributed by atoms with van der Waals surface area (Å²) in [6, 6.07) is 0.133. The number of hydroxylamine groups is 3. The van der Waals surface area contributed by atoms with Gasteiger partial charge in [0, 0.05) is 44.6 Å². The van der Waals surface area contributed by atoms with Crippen molar-refractivity contribution in [1.82, 2.24) is 27.1 Å². The molecule has 0 aromatic rings. The van der Waals surface area contributed by atoms with Crippen molar-refractivity contribution in [2.24, 2.45) is 5.73 Å². The lowest BCUT2D eigenvalue weighted by Crippen LogP contribution is -2.43. The summed E-state index contributed by atoms with van der Waals surface area (Å²) in [7, 11) is -3.33. The molecule has 2 unspecified atom stereocenters. The normalized spacial score (nSPS) is 12.7. The van der Waals surface area contributed by atoms with Gasteiger partial charge in [-0.1, -0.05) is 68.2 Å². The first-order valence-corrected chi connectivity index (χ1v) is 38.1. The van der Waals surface area contributed by atoms with Crippen LogP contribution in [-0.4, -0.2) is 228 Å². The lowest BCUT2D eigenvalue weighted by Gasteiger charge is -2.36. The van der Waals surface area contributed by atoms with Crippen LogP contribution in [0.2, 0.25) is 36.3 Å². The highest BCUT2D eigenvalue weighted by Crippen LogP contribution is 2.37. The zero-order chi connectivity index (χ0) is 72.2. The van der Waals surface area contributed by atoms with E-state index in [9.17, 15) is 28.8 Å². The van der Waals surface area contributed by atoms with Crippen LogP contribution in [0.15, 0.2) is 0 Å². The summed E-state index contributed by atoms with van der Waals surface area (Å²) in [4.78, 5) is 82.4. The fourth-order valence-corrected chi connectivity index (χ4v) is 8.45. The van der Waals surface area contributed by atoms with E-state index in [1.807, 2.05) is 0 Å². The number of nitrogens with two attached hydrogens (primary N) is 1. The van der Waals surface area contributed by atoms with E-state index in [4.69, 9.17) is 87.0 Å². The number of rotatable bonds is 45. The molecule has 0 radical (unpaired) electrons. The number of carboxylic acid groups (broad SMARTS) is 1. The van der Waals surface area contributed by atoms with Crippen LogP contribution in [0.4, 0.5) is 14.4 Å². The fourth-order valence-electron chi connectivity index (χ4n) is 6.32. The summed E-state index contributed by atoms with van der Waals surface area (Å²) in [6.45, 7) is 46.2. The molecule has 2 atom stereocenters.